The first-order chi connectivity index (χ1) is 7.99. The molecule has 0 spiro atoms. The number of anilines is 1. The van der Waals surface area contributed by atoms with Gasteiger partial charge in [-0.05, 0) is 25.0 Å². The molecule has 0 radical (unpaired) electrons. The van der Waals surface area contributed by atoms with Crippen LogP contribution in [0.3, 0.4) is 0 Å². The van der Waals surface area contributed by atoms with Gasteiger partial charge in [0.1, 0.15) is 5.82 Å². The van der Waals surface area contributed by atoms with Crippen molar-refractivity contribution in [1.29, 1.82) is 0 Å². The predicted octanol–water partition coefficient (Wildman–Crippen LogP) is 2.16. The van der Waals surface area contributed by atoms with Crippen molar-refractivity contribution in [2.45, 2.75) is 26.8 Å². The second-order valence-corrected chi connectivity index (χ2v) is 4.30. The van der Waals surface area contributed by atoms with Crippen molar-refractivity contribution in [2.75, 3.05) is 11.4 Å². The van der Waals surface area contributed by atoms with Gasteiger partial charge in [-0.2, -0.15) is 0 Å². The molecule has 1 amide bonds. The number of carbonyl (C=O) groups excluding carboxylic acids is 1. The Bertz CT molecular complexity index is 393. The molecule has 0 aliphatic rings. The molecule has 1 aromatic rings. The highest BCUT2D eigenvalue weighted by molar-refractivity contribution is 5.97. The zero-order chi connectivity index (χ0) is 13.0. The van der Waals surface area contributed by atoms with Crippen molar-refractivity contribution in [3.63, 3.8) is 0 Å². The first kappa shape index (κ1) is 13.6. The third-order valence-electron chi connectivity index (χ3n) is 2.73. The quantitative estimate of drug-likeness (QED) is 0.873. The Labute approximate surface area is 101 Å². The number of hydrogen-bond acceptors (Lipinski definition) is 2. The number of carbonyl (C=O) groups is 1. The number of nitrogens with zero attached hydrogens (tertiary/aromatic N) is 1. The highest BCUT2D eigenvalue weighted by Gasteiger charge is 2.25. The van der Waals surface area contributed by atoms with E-state index in [0.29, 0.717) is 6.54 Å². The molecule has 94 valence electrons. The number of rotatable bonds is 4. The summed E-state index contributed by atoms with van der Waals surface area (Å²) in [5.74, 6) is -0.616. The minimum Gasteiger partial charge on any atom is -0.320 e. The topological polar surface area (TPSA) is 46.3 Å². The fourth-order valence-corrected chi connectivity index (χ4v) is 1.58. The minimum absolute atomic E-state index is 0.0309. The lowest BCUT2D eigenvalue weighted by Gasteiger charge is -2.26. The van der Waals surface area contributed by atoms with E-state index in [9.17, 15) is 9.18 Å². The summed E-state index contributed by atoms with van der Waals surface area (Å²) in [6.07, 6.45) is 0. The van der Waals surface area contributed by atoms with Crippen molar-refractivity contribution in [2.24, 2.45) is 11.7 Å². The molecule has 0 heterocycles. The number of likely N-dealkylation sites (N-methyl/N-ethyl adjacent to an activating group) is 1. The summed E-state index contributed by atoms with van der Waals surface area (Å²) in [7, 11) is 0. The van der Waals surface area contributed by atoms with E-state index >= 15 is 0 Å². The molecule has 0 bridgehead atoms. The van der Waals surface area contributed by atoms with Crippen LogP contribution >= 0.6 is 0 Å². The molecule has 0 saturated carbocycles. The average Bonchev–Trinajstić information content (AvgIpc) is 2.31. The van der Waals surface area contributed by atoms with Crippen molar-refractivity contribution >= 4 is 11.6 Å². The molecule has 0 aliphatic heterocycles. The zero-order valence-electron chi connectivity index (χ0n) is 10.5. The fourth-order valence-electron chi connectivity index (χ4n) is 1.58. The van der Waals surface area contributed by atoms with Gasteiger partial charge in [0.2, 0.25) is 5.91 Å². The highest BCUT2D eigenvalue weighted by Crippen LogP contribution is 2.20. The lowest BCUT2D eigenvalue weighted by atomic mass is 10.0. The maximum absolute atomic E-state index is 13.6. The van der Waals surface area contributed by atoms with Crippen LogP contribution in [0.1, 0.15) is 20.8 Å². The monoisotopic (exact) mass is 238 g/mol. The van der Waals surface area contributed by atoms with Crippen molar-refractivity contribution in [3.8, 4) is 0 Å². The summed E-state index contributed by atoms with van der Waals surface area (Å²) in [6, 6.07) is 5.62. The Hall–Kier alpha value is -1.42. The van der Waals surface area contributed by atoms with Crippen molar-refractivity contribution < 1.29 is 9.18 Å². The van der Waals surface area contributed by atoms with E-state index in [2.05, 4.69) is 0 Å². The molecule has 0 fully saturated rings. The Morgan fingerprint density at radius 2 is 2.00 bits per heavy atom. The van der Waals surface area contributed by atoms with E-state index in [1.807, 2.05) is 13.8 Å². The van der Waals surface area contributed by atoms with Gasteiger partial charge in [-0.15, -0.1) is 0 Å². The first-order valence-electron chi connectivity index (χ1n) is 5.80. The van der Waals surface area contributed by atoms with Crippen LogP contribution in [0.2, 0.25) is 0 Å². The van der Waals surface area contributed by atoms with Gasteiger partial charge in [0, 0.05) is 6.54 Å². The molecule has 0 unspecified atom stereocenters. The van der Waals surface area contributed by atoms with Crippen molar-refractivity contribution in [3.05, 3.63) is 30.1 Å². The summed E-state index contributed by atoms with van der Waals surface area (Å²) in [5, 5.41) is 0. The lowest BCUT2D eigenvalue weighted by Crippen LogP contribution is -2.47. The van der Waals surface area contributed by atoms with Crippen molar-refractivity contribution in [1.82, 2.24) is 0 Å². The maximum Gasteiger partial charge on any atom is 0.244 e. The van der Waals surface area contributed by atoms with E-state index in [-0.39, 0.29) is 17.5 Å². The summed E-state index contributed by atoms with van der Waals surface area (Å²) in [5.41, 5.74) is 6.10. The molecule has 0 aromatic heterocycles. The standard InChI is InChI=1S/C13H19FN2O/c1-4-16(13(17)12(15)9(2)3)11-8-6-5-7-10(11)14/h5-9,12H,4,15H2,1-3H3/t12-/m1/s1. The van der Waals surface area contributed by atoms with E-state index in [4.69, 9.17) is 5.73 Å². The van der Waals surface area contributed by atoms with Crippen LogP contribution in [-0.4, -0.2) is 18.5 Å². The molecule has 17 heavy (non-hydrogen) atoms. The van der Waals surface area contributed by atoms with Crippen LogP contribution in [-0.2, 0) is 4.79 Å². The summed E-state index contributed by atoms with van der Waals surface area (Å²) >= 11 is 0. The molecule has 4 heteroatoms. The fraction of sp³-hybridized carbons (Fsp3) is 0.462. The summed E-state index contributed by atoms with van der Waals surface area (Å²) < 4.78 is 13.6. The third-order valence-corrected chi connectivity index (χ3v) is 2.73. The molecular formula is C13H19FN2O. The normalized spacial score (nSPS) is 12.6. The van der Waals surface area contributed by atoms with Crippen LogP contribution in [0.25, 0.3) is 0 Å². The molecule has 0 aliphatic carbocycles. The van der Waals surface area contributed by atoms with E-state index in [1.54, 1.807) is 25.1 Å². The molecule has 1 rings (SSSR count). The SMILES string of the molecule is CCN(C(=O)[C@H](N)C(C)C)c1ccccc1F. The van der Waals surface area contributed by atoms with Crippen LogP contribution in [0, 0.1) is 11.7 Å². The Balaban J connectivity index is 3.00. The Kier molecular flexibility index (Phi) is 4.63. The Morgan fingerprint density at radius 1 is 1.41 bits per heavy atom. The number of benzene rings is 1. The van der Waals surface area contributed by atoms with Crippen LogP contribution in [0.4, 0.5) is 10.1 Å². The maximum atomic E-state index is 13.6. The van der Waals surface area contributed by atoms with E-state index in [0.717, 1.165) is 0 Å². The van der Waals surface area contributed by atoms with Gasteiger partial charge in [0.25, 0.3) is 0 Å². The predicted molar refractivity (Wildman–Crippen MR) is 67.2 cm³/mol. The van der Waals surface area contributed by atoms with Crippen LogP contribution in [0.15, 0.2) is 24.3 Å². The van der Waals surface area contributed by atoms with Crippen LogP contribution in [0.5, 0.6) is 0 Å². The molecule has 1 atom stereocenters. The Morgan fingerprint density at radius 3 is 2.47 bits per heavy atom. The number of nitrogens with two attached hydrogens (primary N) is 1. The van der Waals surface area contributed by atoms with Gasteiger partial charge in [-0.25, -0.2) is 4.39 Å². The third kappa shape index (κ3) is 3.03. The largest absolute Gasteiger partial charge is 0.320 e. The molecule has 3 nitrogen and oxygen atoms in total. The summed E-state index contributed by atoms with van der Waals surface area (Å²) in [6.45, 7) is 5.95. The minimum atomic E-state index is -0.602. The van der Waals surface area contributed by atoms with E-state index < -0.39 is 11.9 Å². The number of halogens is 1. The second-order valence-electron chi connectivity index (χ2n) is 4.30. The molecule has 0 saturated heterocycles. The molecule has 2 N–H and O–H groups in total. The van der Waals surface area contributed by atoms with Crippen LogP contribution < -0.4 is 10.6 Å². The summed E-state index contributed by atoms with van der Waals surface area (Å²) in [4.78, 5) is 13.5. The van der Waals surface area contributed by atoms with Gasteiger partial charge in [0.05, 0.1) is 11.7 Å². The first-order valence-corrected chi connectivity index (χ1v) is 5.80. The van der Waals surface area contributed by atoms with Gasteiger partial charge in [-0.1, -0.05) is 26.0 Å². The number of para-hydroxylation sites is 1. The second kappa shape index (κ2) is 5.77. The molecular weight excluding hydrogens is 219 g/mol. The van der Waals surface area contributed by atoms with Gasteiger partial charge in [0.15, 0.2) is 0 Å². The average molecular weight is 238 g/mol. The zero-order valence-corrected chi connectivity index (χ0v) is 10.5. The van der Waals surface area contributed by atoms with Gasteiger partial charge in [-0.3, -0.25) is 4.79 Å². The smallest absolute Gasteiger partial charge is 0.244 e. The lowest BCUT2D eigenvalue weighted by molar-refractivity contribution is -0.120. The molecule has 1 aromatic carbocycles. The number of hydrogen-bond donors (Lipinski definition) is 1. The number of amides is 1. The van der Waals surface area contributed by atoms with Gasteiger partial charge >= 0.3 is 0 Å². The van der Waals surface area contributed by atoms with Gasteiger partial charge < -0.3 is 10.6 Å². The highest BCUT2D eigenvalue weighted by atomic mass is 19.1. The van der Waals surface area contributed by atoms with E-state index in [1.165, 1.54) is 11.0 Å².